The van der Waals surface area contributed by atoms with Gasteiger partial charge in [0.15, 0.2) is 0 Å². The molecule has 0 unspecified atom stereocenters. The SMILES string of the molecule is CCCNC(=O)C(=O)NC[C@@H](c1ccco1)N1CCN(c2ccccc2)CC1. The monoisotopic (exact) mass is 384 g/mol. The summed E-state index contributed by atoms with van der Waals surface area (Å²) in [6.07, 6.45) is 2.43. The zero-order valence-corrected chi connectivity index (χ0v) is 16.3. The molecule has 0 radical (unpaired) electrons. The van der Waals surface area contributed by atoms with Crippen LogP contribution >= 0.6 is 0 Å². The minimum atomic E-state index is -0.604. The van der Waals surface area contributed by atoms with Crippen molar-refractivity contribution in [2.45, 2.75) is 19.4 Å². The van der Waals surface area contributed by atoms with Crippen LogP contribution in [0, 0.1) is 0 Å². The Morgan fingerprint density at radius 1 is 1.00 bits per heavy atom. The van der Waals surface area contributed by atoms with E-state index in [2.05, 4.69) is 32.6 Å². The van der Waals surface area contributed by atoms with E-state index in [0.717, 1.165) is 38.4 Å². The summed E-state index contributed by atoms with van der Waals surface area (Å²) >= 11 is 0. The number of para-hydroxylation sites is 1. The van der Waals surface area contributed by atoms with Crippen molar-refractivity contribution >= 4 is 17.5 Å². The van der Waals surface area contributed by atoms with Gasteiger partial charge in [-0.2, -0.15) is 0 Å². The second kappa shape index (κ2) is 9.94. The van der Waals surface area contributed by atoms with Crippen LogP contribution in [0.4, 0.5) is 5.69 Å². The Kier molecular flexibility index (Phi) is 7.08. The number of anilines is 1. The Bertz CT molecular complexity index is 740. The van der Waals surface area contributed by atoms with E-state index in [4.69, 9.17) is 4.42 Å². The van der Waals surface area contributed by atoms with Crippen molar-refractivity contribution in [1.82, 2.24) is 15.5 Å². The fourth-order valence-corrected chi connectivity index (χ4v) is 3.41. The normalized spacial score (nSPS) is 15.8. The van der Waals surface area contributed by atoms with Gasteiger partial charge in [-0.3, -0.25) is 14.5 Å². The zero-order valence-electron chi connectivity index (χ0n) is 16.3. The maximum absolute atomic E-state index is 12.1. The van der Waals surface area contributed by atoms with Gasteiger partial charge in [0.05, 0.1) is 12.3 Å². The smallest absolute Gasteiger partial charge is 0.309 e. The maximum Gasteiger partial charge on any atom is 0.309 e. The van der Waals surface area contributed by atoms with Crippen molar-refractivity contribution in [3.63, 3.8) is 0 Å². The molecule has 2 aromatic rings. The van der Waals surface area contributed by atoms with Crippen molar-refractivity contribution in [3.8, 4) is 0 Å². The van der Waals surface area contributed by atoms with E-state index < -0.39 is 11.8 Å². The predicted molar refractivity (Wildman–Crippen MR) is 108 cm³/mol. The maximum atomic E-state index is 12.1. The van der Waals surface area contributed by atoms with Crippen LogP contribution < -0.4 is 15.5 Å². The van der Waals surface area contributed by atoms with Crippen LogP contribution in [0.2, 0.25) is 0 Å². The molecule has 1 aliphatic heterocycles. The van der Waals surface area contributed by atoms with Crippen molar-refractivity contribution < 1.29 is 14.0 Å². The van der Waals surface area contributed by atoms with E-state index in [1.165, 1.54) is 5.69 Å². The number of hydrogen-bond acceptors (Lipinski definition) is 5. The number of carbonyl (C=O) groups is 2. The topological polar surface area (TPSA) is 77.8 Å². The largest absolute Gasteiger partial charge is 0.468 e. The summed E-state index contributed by atoms with van der Waals surface area (Å²) in [5.41, 5.74) is 1.22. The van der Waals surface area contributed by atoms with E-state index in [9.17, 15) is 9.59 Å². The Morgan fingerprint density at radius 2 is 1.71 bits per heavy atom. The Hall–Kier alpha value is -2.80. The molecule has 1 aromatic carbocycles. The molecular formula is C21H28N4O3. The third-order valence-corrected chi connectivity index (χ3v) is 4.95. The Balaban J connectivity index is 1.59. The van der Waals surface area contributed by atoms with Gasteiger partial charge in [0.25, 0.3) is 0 Å². The average Bonchev–Trinajstić information content (AvgIpc) is 3.27. The molecule has 2 heterocycles. The second-order valence-electron chi connectivity index (χ2n) is 6.86. The van der Waals surface area contributed by atoms with E-state index in [0.29, 0.717) is 13.1 Å². The molecule has 0 spiro atoms. The van der Waals surface area contributed by atoms with Gasteiger partial charge >= 0.3 is 11.8 Å². The number of hydrogen-bond donors (Lipinski definition) is 2. The summed E-state index contributed by atoms with van der Waals surface area (Å²) < 4.78 is 5.61. The quantitative estimate of drug-likeness (QED) is 0.712. The number of nitrogens with zero attached hydrogens (tertiary/aromatic N) is 2. The standard InChI is InChI=1S/C21H28N4O3/c1-2-10-22-20(26)21(27)23-16-18(19-9-6-15-28-19)25-13-11-24(12-14-25)17-7-4-3-5-8-17/h3-9,15,18H,2,10-14,16H2,1H3,(H,22,26)(H,23,27)/t18-/m0/s1. The Labute approximate surface area is 165 Å². The molecule has 2 amide bonds. The predicted octanol–water partition coefficient (Wildman–Crippen LogP) is 1.79. The number of furan rings is 1. The molecule has 0 saturated carbocycles. The first-order valence-corrected chi connectivity index (χ1v) is 9.82. The molecule has 150 valence electrons. The van der Waals surface area contributed by atoms with Gasteiger partial charge in [-0.05, 0) is 30.7 Å². The minimum absolute atomic E-state index is 0.101. The lowest BCUT2D eigenvalue weighted by molar-refractivity contribution is -0.139. The first kappa shape index (κ1) is 19.9. The van der Waals surface area contributed by atoms with Crippen molar-refractivity contribution in [1.29, 1.82) is 0 Å². The molecular weight excluding hydrogens is 356 g/mol. The van der Waals surface area contributed by atoms with Crippen LogP contribution in [0.15, 0.2) is 53.1 Å². The molecule has 0 aliphatic carbocycles. The van der Waals surface area contributed by atoms with Gasteiger partial charge in [-0.25, -0.2) is 0 Å². The molecule has 1 aromatic heterocycles. The second-order valence-corrected chi connectivity index (χ2v) is 6.86. The van der Waals surface area contributed by atoms with Gasteiger partial charge in [-0.1, -0.05) is 25.1 Å². The van der Waals surface area contributed by atoms with Gasteiger partial charge in [0, 0.05) is 45.0 Å². The summed E-state index contributed by atoms with van der Waals surface area (Å²) in [6, 6.07) is 14.0. The highest BCUT2D eigenvalue weighted by molar-refractivity contribution is 6.35. The van der Waals surface area contributed by atoms with Gasteiger partial charge in [0.1, 0.15) is 5.76 Å². The minimum Gasteiger partial charge on any atom is -0.468 e. The fraction of sp³-hybridized carbons (Fsp3) is 0.429. The third-order valence-electron chi connectivity index (χ3n) is 4.95. The number of carbonyl (C=O) groups excluding carboxylic acids is 2. The van der Waals surface area contributed by atoms with Crippen LogP contribution in [0.1, 0.15) is 25.1 Å². The van der Waals surface area contributed by atoms with Crippen molar-refractivity contribution in [2.75, 3.05) is 44.2 Å². The van der Waals surface area contributed by atoms with E-state index in [1.54, 1.807) is 6.26 Å². The number of nitrogens with one attached hydrogen (secondary N) is 2. The summed E-state index contributed by atoms with van der Waals surface area (Å²) in [7, 11) is 0. The number of rotatable bonds is 7. The van der Waals surface area contributed by atoms with E-state index in [1.807, 2.05) is 37.3 Å². The number of benzene rings is 1. The summed E-state index contributed by atoms with van der Waals surface area (Å²) in [5, 5.41) is 5.35. The molecule has 1 aliphatic rings. The molecule has 3 rings (SSSR count). The molecule has 1 saturated heterocycles. The van der Waals surface area contributed by atoms with Crippen LogP contribution in [-0.2, 0) is 9.59 Å². The molecule has 28 heavy (non-hydrogen) atoms. The highest BCUT2D eigenvalue weighted by atomic mass is 16.3. The lowest BCUT2D eigenvalue weighted by Gasteiger charge is -2.39. The third kappa shape index (κ3) is 5.13. The number of piperazine rings is 1. The van der Waals surface area contributed by atoms with E-state index in [-0.39, 0.29) is 6.04 Å². The van der Waals surface area contributed by atoms with Gasteiger partial charge < -0.3 is 20.0 Å². The molecule has 2 N–H and O–H groups in total. The molecule has 1 atom stereocenters. The van der Waals surface area contributed by atoms with E-state index >= 15 is 0 Å². The fourth-order valence-electron chi connectivity index (χ4n) is 3.41. The van der Waals surface area contributed by atoms with Crippen LogP contribution in [0.25, 0.3) is 0 Å². The van der Waals surface area contributed by atoms with Crippen molar-refractivity contribution in [3.05, 3.63) is 54.5 Å². The van der Waals surface area contributed by atoms with Gasteiger partial charge in [-0.15, -0.1) is 0 Å². The van der Waals surface area contributed by atoms with Gasteiger partial charge in [0.2, 0.25) is 0 Å². The van der Waals surface area contributed by atoms with Crippen LogP contribution in [0.3, 0.4) is 0 Å². The average molecular weight is 384 g/mol. The first-order valence-electron chi connectivity index (χ1n) is 9.82. The molecule has 7 heteroatoms. The molecule has 0 bridgehead atoms. The van der Waals surface area contributed by atoms with Crippen molar-refractivity contribution in [2.24, 2.45) is 0 Å². The Morgan fingerprint density at radius 3 is 2.36 bits per heavy atom. The van der Waals surface area contributed by atoms with Crippen LogP contribution in [0.5, 0.6) is 0 Å². The first-order chi connectivity index (χ1) is 13.7. The summed E-state index contributed by atoms with van der Waals surface area (Å²) in [6.45, 7) is 6.25. The molecule has 7 nitrogen and oxygen atoms in total. The van der Waals surface area contributed by atoms with Crippen LogP contribution in [-0.4, -0.2) is 56.0 Å². The molecule has 1 fully saturated rings. The zero-order chi connectivity index (χ0) is 19.8. The highest BCUT2D eigenvalue weighted by Crippen LogP contribution is 2.24. The lowest BCUT2D eigenvalue weighted by atomic mass is 10.1. The summed E-state index contributed by atoms with van der Waals surface area (Å²) in [5.74, 6) is -0.399. The lowest BCUT2D eigenvalue weighted by Crippen LogP contribution is -2.50. The highest BCUT2D eigenvalue weighted by Gasteiger charge is 2.28. The number of amides is 2. The summed E-state index contributed by atoms with van der Waals surface area (Å²) in [4.78, 5) is 28.5.